The number of hydrogen-bond acceptors (Lipinski definition) is 4. The van der Waals surface area contributed by atoms with Gasteiger partial charge in [0.15, 0.2) is 0 Å². The highest BCUT2D eigenvalue weighted by molar-refractivity contribution is 8.18. The Bertz CT molecular complexity index is 690. The summed E-state index contributed by atoms with van der Waals surface area (Å²) in [6, 6.07) is 0. The summed E-state index contributed by atoms with van der Waals surface area (Å²) < 4.78 is 0. The van der Waals surface area contributed by atoms with E-state index in [0.717, 1.165) is 28.5 Å². The third-order valence-corrected chi connectivity index (χ3v) is 3.95. The fourth-order valence-electron chi connectivity index (χ4n) is 2.13. The van der Waals surface area contributed by atoms with Crippen LogP contribution >= 0.6 is 11.8 Å². The van der Waals surface area contributed by atoms with Crippen molar-refractivity contribution in [1.82, 2.24) is 5.32 Å². The first-order valence-electron chi connectivity index (χ1n) is 6.06. The molecule has 2 bridgehead atoms. The van der Waals surface area contributed by atoms with Gasteiger partial charge in [-0.3, -0.25) is 14.9 Å². The molecule has 20 heavy (non-hydrogen) atoms. The number of carbonyl (C=O) groups is 2. The molecule has 1 aliphatic heterocycles. The zero-order valence-electron chi connectivity index (χ0n) is 10.4. The van der Waals surface area contributed by atoms with Gasteiger partial charge in [-0.2, -0.15) is 0 Å². The van der Waals surface area contributed by atoms with E-state index in [-0.39, 0.29) is 16.9 Å². The highest BCUT2D eigenvalue weighted by Gasteiger charge is 2.26. The number of hydrogen-bond donors (Lipinski definition) is 2. The lowest BCUT2D eigenvalue weighted by Gasteiger charge is -2.07. The molecule has 100 valence electrons. The monoisotopic (exact) mass is 285 g/mol. The lowest BCUT2D eigenvalue weighted by molar-refractivity contribution is -0.115. The standard InChI is InChI=1S/C15H11NO3S/c17-12-6-5-10(8-13-14(18)16-15(19)20-13)9-3-1-2-4-11(12)7-9/h1-6,8,17H,7H2,(H,16,18,19)/b13-8-. The van der Waals surface area contributed by atoms with Gasteiger partial charge in [-0.15, -0.1) is 0 Å². The number of imide groups is 1. The molecule has 0 aromatic carbocycles. The number of nitrogens with one attached hydrogen (secondary N) is 1. The van der Waals surface area contributed by atoms with Crippen LogP contribution in [0.25, 0.3) is 0 Å². The minimum atomic E-state index is -0.376. The first-order valence-corrected chi connectivity index (χ1v) is 6.88. The summed E-state index contributed by atoms with van der Waals surface area (Å²) in [6.07, 6.45) is 13.2. The van der Waals surface area contributed by atoms with Gasteiger partial charge in [0, 0.05) is 6.42 Å². The van der Waals surface area contributed by atoms with Crippen molar-refractivity contribution >= 4 is 22.9 Å². The van der Waals surface area contributed by atoms with E-state index in [1.807, 2.05) is 24.3 Å². The van der Waals surface area contributed by atoms with Crippen LogP contribution in [-0.2, 0) is 4.79 Å². The maximum absolute atomic E-state index is 11.6. The van der Waals surface area contributed by atoms with Crippen molar-refractivity contribution in [2.45, 2.75) is 6.42 Å². The third kappa shape index (κ3) is 2.40. The minimum absolute atomic E-state index is 0.218. The zero-order chi connectivity index (χ0) is 14.1. The van der Waals surface area contributed by atoms with E-state index in [0.29, 0.717) is 11.3 Å². The SMILES string of the molecule is O=C1NC(=O)/C(=C/C2=CC=C(O)C3=CC=CC=C2C3)S1. The van der Waals surface area contributed by atoms with Crippen LogP contribution in [0.1, 0.15) is 6.42 Å². The molecule has 0 saturated carbocycles. The van der Waals surface area contributed by atoms with Crippen LogP contribution in [0.15, 0.2) is 69.9 Å². The molecule has 0 aromatic heterocycles. The smallest absolute Gasteiger partial charge is 0.290 e. The first-order chi connectivity index (χ1) is 9.63. The number of rotatable bonds is 1. The van der Waals surface area contributed by atoms with E-state index in [9.17, 15) is 14.7 Å². The lowest BCUT2D eigenvalue weighted by atomic mass is 9.99. The molecule has 0 atom stereocenters. The van der Waals surface area contributed by atoms with Crippen LogP contribution in [0.4, 0.5) is 4.79 Å². The second-order valence-electron chi connectivity index (χ2n) is 4.47. The zero-order valence-corrected chi connectivity index (χ0v) is 11.2. The number of carbonyl (C=O) groups excluding carboxylic acids is 2. The molecular weight excluding hydrogens is 274 g/mol. The fourth-order valence-corrected chi connectivity index (χ4v) is 2.80. The van der Waals surface area contributed by atoms with Gasteiger partial charge < -0.3 is 5.11 Å². The van der Waals surface area contributed by atoms with Gasteiger partial charge in [0.1, 0.15) is 5.76 Å². The van der Waals surface area contributed by atoms with Crippen molar-refractivity contribution in [3.8, 4) is 0 Å². The molecule has 5 heteroatoms. The molecule has 2 amide bonds. The molecule has 2 aliphatic carbocycles. The van der Waals surface area contributed by atoms with Crippen LogP contribution in [-0.4, -0.2) is 16.3 Å². The predicted octanol–water partition coefficient (Wildman–Crippen LogP) is 3.05. The van der Waals surface area contributed by atoms with Gasteiger partial charge in [-0.1, -0.05) is 30.4 Å². The van der Waals surface area contributed by atoms with Crippen LogP contribution in [0, 0.1) is 0 Å². The predicted molar refractivity (Wildman–Crippen MR) is 77.9 cm³/mol. The van der Waals surface area contributed by atoms with E-state index in [4.69, 9.17) is 0 Å². The number of aliphatic hydroxyl groups is 1. The van der Waals surface area contributed by atoms with E-state index in [1.54, 1.807) is 18.2 Å². The van der Waals surface area contributed by atoms with Crippen molar-refractivity contribution in [1.29, 1.82) is 0 Å². The Morgan fingerprint density at radius 2 is 1.85 bits per heavy atom. The average molecular weight is 285 g/mol. The Balaban J connectivity index is 2.01. The van der Waals surface area contributed by atoms with Crippen molar-refractivity contribution in [2.24, 2.45) is 0 Å². The molecule has 2 N–H and O–H groups in total. The van der Waals surface area contributed by atoms with Crippen molar-refractivity contribution < 1.29 is 14.7 Å². The Hall–Kier alpha value is -2.27. The highest BCUT2D eigenvalue weighted by Crippen LogP contribution is 2.32. The third-order valence-electron chi connectivity index (χ3n) is 3.14. The van der Waals surface area contributed by atoms with Crippen LogP contribution < -0.4 is 5.32 Å². The molecule has 1 heterocycles. The lowest BCUT2D eigenvalue weighted by Crippen LogP contribution is -2.17. The Labute approximate surface area is 119 Å². The van der Waals surface area contributed by atoms with Crippen molar-refractivity contribution in [3.05, 3.63) is 69.9 Å². The van der Waals surface area contributed by atoms with Gasteiger partial charge in [0.25, 0.3) is 11.1 Å². The highest BCUT2D eigenvalue weighted by atomic mass is 32.2. The number of thioether (sulfide) groups is 1. The number of allylic oxidation sites excluding steroid dienone is 10. The van der Waals surface area contributed by atoms with E-state index >= 15 is 0 Å². The minimum Gasteiger partial charge on any atom is -0.508 e. The van der Waals surface area contributed by atoms with E-state index in [1.165, 1.54) is 0 Å². The molecular formula is C15H11NO3S. The topological polar surface area (TPSA) is 66.4 Å². The number of amides is 2. The van der Waals surface area contributed by atoms with Crippen LogP contribution in [0.2, 0.25) is 0 Å². The summed E-state index contributed by atoms with van der Waals surface area (Å²) in [6.45, 7) is 0. The molecule has 3 rings (SSSR count). The van der Waals surface area contributed by atoms with Gasteiger partial charge in [-0.05, 0) is 40.6 Å². The summed E-state index contributed by atoms with van der Waals surface area (Å²) in [7, 11) is 0. The van der Waals surface area contributed by atoms with Gasteiger partial charge in [0.2, 0.25) is 0 Å². The summed E-state index contributed by atoms with van der Waals surface area (Å²) >= 11 is 0.889. The Kier molecular flexibility index (Phi) is 3.20. The fraction of sp³-hybridized carbons (Fsp3) is 0.0667. The maximum Gasteiger partial charge on any atom is 0.290 e. The van der Waals surface area contributed by atoms with Crippen LogP contribution in [0.5, 0.6) is 0 Å². The molecule has 0 aromatic rings. The van der Waals surface area contributed by atoms with Crippen molar-refractivity contribution in [2.75, 3.05) is 0 Å². The van der Waals surface area contributed by atoms with Gasteiger partial charge in [0.05, 0.1) is 4.91 Å². The first kappa shape index (κ1) is 12.7. The van der Waals surface area contributed by atoms with Crippen LogP contribution in [0.3, 0.4) is 0 Å². The molecule has 4 nitrogen and oxygen atoms in total. The Morgan fingerprint density at radius 1 is 1.10 bits per heavy atom. The molecule has 0 radical (unpaired) electrons. The van der Waals surface area contributed by atoms with Crippen molar-refractivity contribution in [3.63, 3.8) is 0 Å². The summed E-state index contributed by atoms with van der Waals surface area (Å²) in [5.74, 6) is -0.158. The average Bonchev–Trinajstić information content (AvgIpc) is 2.62. The molecule has 1 fully saturated rings. The summed E-state index contributed by atoms with van der Waals surface area (Å²) in [5, 5.41) is 11.8. The maximum atomic E-state index is 11.6. The van der Waals surface area contributed by atoms with E-state index in [2.05, 4.69) is 5.32 Å². The normalized spacial score (nSPS) is 23.5. The second-order valence-corrected chi connectivity index (χ2v) is 5.49. The molecule has 0 spiro atoms. The largest absolute Gasteiger partial charge is 0.508 e. The molecule has 1 saturated heterocycles. The van der Waals surface area contributed by atoms with Gasteiger partial charge >= 0.3 is 0 Å². The number of fused-ring (bicyclic) bond motifs is 2. The Morgan fingerprint density at radius 3 is 2.55 bits per heavy atom. The second kappa shape index (κ2) is 5.02. The molecule has 0 unspecified atom stereocenters. The summed E-state index contributed by atoms with van der Waals surface area (Å²) in [5.41, 5.74) is 2.64. The summed E-state index contributed by atoms with van der Waals surface area (Å²) in [4.78, 5) is 23.1. The van der Waals surface area contributed by atoms with Gasteiger partial charge in [-0.25, -0.2) is 0 Å². The quantitative estimate of drug-likeness (QED) is 0.727. The number of aliphatic hydroxyl groups excluding tert-OH is 1. The van der Waals surface area contributed by atoms with E-state index < -0.39 is 0 Å². The molecule has 3 aliphatic rings.